The fourth-order valence-electron chi connectivity index (χ4n) is 2.81. The van der Waals surface area contributed by atoms with Crippen LogP contribution in [0.4, 0.5) is 5.69 Å². The third-order valence-corrected chi connectivity index (χ3v) is 4.08. The largest absolute Gasteiger partial charge is 2.00 e. The number of ether oxygens (including phenoxy) is 1. The molecule has 128 valence electrons. The van der Waals surface area contributed by atoms with E-state index in [0.29, 0.717) is 0 Å². The minimum absolute atomic E-state index is 0. The topological polar surface area (TPSA) is 55.6 Å². The number of hydrogen-bond donors (Lipinski definition) is 1. The third kappa shape index (κ3) is 4.58. The monoisotopic (exact) mass is 376 g/mol. The molecule has 10 radical (unpaired) electrons. The predicted octanol–water partition coefficient (Wildman–Crippen LogP) is 2.16. The molecule has 2 aliphatic carbocycles. The van der Waals surface area contributed by atoms with Crippen LogP contribution in [-0.2, 0) is 21.9 Å². The van der Waals surface area contributed by atoms with Crippen molar-refractivity contribution in [1.82, 2.24) is 0 Å². The molecule has 1 amide bonds. The number of carbonyl (C=O) groups excluding carboxylic acids is 1. The Morgan fingerprint density at radius 3 is 1.92 bits per heavy atom. The summed E-state index contributed by atoms with van der Waals surface area (Å²) in [4.78, 5) is 13.7. The van der Waals surface area contributed by atoms with Gasteiger partial charge in [0.15, 0.2) is 0 Å². The van der Waals surface area contributed by atoms with Gasteiger partial charge >= 0.3 is 17.1 Å². The Labute approximate surface area is 161 Å². The SMILES string of the molecule is COc1ccc(N2C(=O)[C@H](N)[C@H]2[C]2[CH][CH][CH][CH]2)cc1.[CH]1[CH][CH][CH][CH]1.[Fe+2]. The number of β-lactam (4-membered cyclic amide) rings is 1. The van der Waals surface area contributed by atoms with Crippen molar-refractivity contribution in [3.63, 3.8) is 0 Å². The van der Waals surface area contributed by atoms with Crippen LogP contribution in [-0.4, -0.2) is 25.1 Å². The number of nitrogens with zero attached hydrogens (tertiary/aromatic N) is 1. The molecule has 3 aliphatic rings. The first-order valence-corrected chi connectivity index (χ1v) is 7.83. The average molecular weight is 376 g/mol. The Morgan fingerprint density at radius 1 is 0.920 bits per heavy atom. The first-order valence-electron chi connectivity index (χ1n) is 7.83. The van der Waals surface area contributed by atoms with Crippen molar-refractivity contribution < 1.29 is 26.6 Å². The normalized spacial score (nSPS) is 25.7. The number of rotatable bonds is 3. The predicted molar refractivity (Wildman–Crippen MR) is 94.2 cm³/mol. The van der Waals surface area contributed by atoms with Crippen molar-refractivity contribution in [2.45, 2.75) is 12.1 Å². The second-order valence-electron chi connectivity index (χ2n) is 5.56. The van der Waals surface area contributed by atoms with E-state index < -0.39 is 6.04 Å². The molecule has 5 heteroatoms. The van der Waals surface area contributed by atoms with Crippen LogP contribution in [0.25, 0.3) is 0 Å². The van der Waals surface area contributed by atoms with Gasteiger partial charge in [0.2, 0.25) is 5.91 Å². The number of benzene rings is 1. The summed E-state index contributed by atoms with van der Waals surface area (Å²) in [6.07, 6.45) is 17.9. The summed E-state index contributed by atoms with van der Waals surface area (Å²) >= 11 is 0. The second-order valence-corrected chi connectivity index (χ2v) is 5.56. The molecule has 0 unspecified atom stereocenters. The minimum Gasteiger partial charge on any atom is -0.497 e. The molecule has 1 heterocycles. The summed E-state index contributed by atoms with van der Waals surface area (Å²) in [6, 6.07) is 6.90. The summed E-state index contributed by atoms with van der Waals surface area (Å²) in [5.74, 6) is 1.80. The molecule has 0 spiro atoms. The molecule has 1 saturated heterocycles. The number of hydrogen-bond acceptors (Lipinski definition) is 3. The van der Waals surface area contributed by atoms with Crippen LogP contribution in [0.15, 0.2) is 24.3 Å². The molecule has 0 bridgehead atoms. The summed E-state index contributed by atoms with van der Waals surface area (Å²) in [6.45, 7) is 0. The quantitative estimate of drug-likeness (QED) is 0.650. The van der Waals surface area contributed by atoms with E-state index in [0.717, 1.165) is 17.4 Å². The van der Waals surface area contributed by atoms with Gasteiger partial charge in [-0.3, -0.25) is 4.79 Å². The maximum Gasteiger partial charge on any atom is 2.00 e. The van der Waals surface area contributed by atoms with Crippen LogP contribution >= 0.6 is 0 Å². The van der Waals surface area contributed by atoms with E-state index in [4.69, 9.17) is 10.5 Å². The van der Waals surface area contributed by atoms with Crippen LogP contribution in [0.1, 0.15) is 0 Å². The van der Waals surface area contributed by atoms with Crippen LogP contribution in [0.5, 0.6) is 5.75 Å². The minimum atomic E-state index is -0.454. The van der Waals surface area contributed by atoms with Crippen molar-refractivity contribution in [2.24, 2.45) is 5.73 Å². The smallest absolute Gasteiger partial charge is 0.497 e. The van der Waals surface area contributed by atoms with Crippen LogP contribution in [0, 0.1) is 63.7 Å². The second kappa shape index (κ2) is 9.61. The number of carbonyl (C=O) groups is 1. The van der Waals surface area contributed by atoms with Crippen molar-refractivity contribution in [3.8, 4) is 5.75 Å². The molecule has 25 heavy (non-hydrogen) atoms. The van der Waals surface area contributed by atoms with Gasteiger partial charge < -0.3 is 15.4 Å². The maximum absolute atomic E-state index is 12.0. The fourth-order valence-corrected chi connectivity index (χ4v) is 2.81. The number of nitrogens with two attached hydrogens (primary N) is 1. The zero-order valence-corrected chi connectivity index (χ0v) is 15.0. The van der Waals surface area contributed by atoms with E-state index in [2.05, 4.69) is 0 Å². The molecule has 4 rings (SSSR count). The van der Waals surface area contributed by atoms with Gasteiger partial charge in [-0.2, -0.15) is 0 Å². The zero-order chi connectivity index (χ0) is 16.9. The van der Waals surface area contributed by atoms with E-state index in [9.17, 15) is 4.79 Å². The maximum atomic E-state index is 12.0. The molecule has 2 atom stereocenters. The van der Waals surface area contributed by atoms with Gasteiger partial charge in [0.05, 0.1) is 13.2 Å². The Morgan fingerprint density at radius 2 is 1.44 bits per heavy atom. The third-order valence-electron chi connectivity index (χ3n) is 4.08. The van der Waals surface area contributed by atoms with Crippen LogP contribution in [0.2, 0.25) is 0 Å². The van der Waals surface area contributed by atoms with Gasteiger partial charge in [0.1, 0.15) is 11.8 Å². The molecule has 2 saturated carbocycles. The van der Waals surface area contributed by atoms with Crippen molar-refractivity contribution in [2.75, 3.05) is 12.0 Å². The molecule has 3 fully saturated rings. The first-order chi connectivity index (χ1) is 11.7. The summed E-state index contributed by atoms with van der Waals surface area (Å²) in [5.41, 5.74) is 6.77. The molecule has 0 aromatic heterocycles. The van der Waals surface area contributed by atoms with E-state index in [1.807, 2.05) is 82.1 Å². The fraction of sp³-hybridized carbons (Fsp3) is 0.150. The van der Waals surface area contributed by atoms with Crippen molar-refractivity contribution in [3.05, 3.63) is 88.0 Å². The zero-order valence-electron chi connectivity index (χ0n) is 13.9. The Balaban J connectivity index is 0.000000325. The summed E-state index contributed by atoms with van der Waals surface area (Å²) < 4.78 is 5.12. The van der Waals surface area contributed by atoms with Gasteiger partial charge in [0.25, 0.3) is 0 Å². The van der Waals surface area contributed by atoms with E-state index in [1.54, 1.807) is 12.0 Å². The van der Waals surface area contributed by atoms with Gasteiger partial charge in [-0.05, 0) is 82.1 Å². The summed E-state index contributed by atoms with van der Waals surface area (Å²) in [5, 5.41) is 0. The molecule has 1 aliphatic heterocycles. The first kappa shape index (κ1) is 20.3. The standard InChI is InChI=1S/C15H15N2O2.C5H5.Fe/c1-19-12-8-6-11(7-9-12)17-14(13(16)15(17)18)10-4-2-3-5-10;1-2-4-5-3-1;/h2-9,13-14H,16H2,1H3;1-5H;/q;;+2/t13-,14-;;/m1../s1. The van der Waals surface area contributed by atoms with Crippen LogP contribution in [0.3, 0.4) is 0 Å². The Bertz CT molecular complexity index is 532. The van der Waals surface area contributed by atoms with Gasteiger partial charge in [-0.15, -0.1) is 0 Å². The molecule has 2 N–H and O–H groups in total. The van der Waals surface area contributed by atoms with Gasteiger partial charge in [-0.25, -0.2) is 0 Å². The molecule has 1 aromatic rings. The van der Waals surface area contributed by atoms with E-state index in [-0.39, 0.29) is 29.0 Å². The number of methoxy groups -OCH3 is 1. The van der Waals surface area contributed by atoms with Crippen molar-refractivity contribution >= 4 is 11.6 Å². The van der Waals surface area contributed by atoms with Crippen molar-refractivity contribution in [1.29, 1.82) is 0 Å². The van der Waals surface area contributed by atoms with E-state index >= 15 is 0 Å². The van der Waals surface area contributed by atoms with E-state index in [1.165, 1.54) is 0 Å². The molecule has 1 aromatic carbocycles. The Kier molecular flexibility index (Phi) is 7.79. The summed E-state index contributed by atoms with van der Waals surface area (Å²) in [7, 11) is 1.62. The van der Waals surface area contributed by atoms with Gasteiger partial charge in [0, 0.05) is 11.6 Å². The Hall–Kier alpha value is -1.03. The number of amides is 1. The van der Waals surface area contributed by atoms with Gasteiger partial charge in [-0.1, -0.05) is 0 Å². The molecule has 4 nitrogen and oxygen atoms in total. The number of anilines is 1. The molecular weight excluding hydrogens is 356 g/mol. The van der Waals surface area contributed by atoms with Crippen LogP contribution < -0.4 is 15.4 Å². The molecular formula is C20H20FeN2O2+2. The average Bonchev–Trinajstić information content (AvgIpc) is 3.35.